The summed E-state index contributed by atoms with van der Waals surface area (Å²) in [5.74, 6) is 0.0888. The Bertz CT molecular complexity index is 1200. The molecule has 212 valence electrons. The average molecular weight is 545 g/mol. The van der Waals surface area contributed by atoms with Crippen LogP contribution in [0.25, 0.3) is 11.1 Å². The molecule has 3 N–H and O–H groups in total. The predicted octanol–water partition coefficient (Wildman–Crippen LogP) is 4.58. The van der Waals surface area contributed by atoms with Gasteiger partial charge in [0.1, 0.15) is 6.10 Å². The number of carbonyl (C=O) groups is 2. The fourth-order valence-electron chi connectivity index (χ4n) is 4.76. The molecule has 4 rings (SSSR count). The Balaban J connectivity index is 1.11. The molecule has 0 bridgehead atoms. The zero-order chi connectivity index (χ0) is 28.0. The summed E-state index contributed by atoms with van der Waals surface area (Å²) in [5.41, 5.74) is 4.60. The summed E-state index contributed by atoms with van der Waals surface area (Å²) in [6, 6.07) is 25.5. The van der Waals surface area contributed by atoms with Crippen molar-refractivity contribution in [1.82, 2.24) is 15.5 Å². The first-order valence-electron chi connectivity index (χ1n) is 14.0. The second kappa shape index (κ2) is 15.9. The number of amides is 1. The number of benzene rings is 3. The number of hydrogen-bond acceptors (Lipinski definition) is 7. The number of ether oxygens (including phenoxy) is 2. The summed E-state index contributed by atoms with van der Waals surface area (Å²) in [5, 5.41) is 9.49. The van der Waals surface area contributed by atoms with Crippen molar-refractivity contribution < 1.29 is 19.1 Å². The molecule has 0 radical (unpaired) electrons. The van der Waals surface area contributed by atoms with Crippen molar-refractivity contribution in [3.8, 4) is 11.1 Å². The van der Waals surface area contributed by atoms with Crippen molar-refractivity contribution in [2.24, 2.45) is 0 Å². The highest BCUT2D eigenvalue weighted by Gasteiger charge is 2.22. The average Bonchev–Trinajstić information content (AvgIpc) is 2.99. The number of ketones is 1. The monoisotopic (exact) mass is 544 g/mol. The van der Waals surface area contributed by atoms with Gasteiger partial charge < -0.3 is 25.0 Å². The van der Waals surface area contributed by atoms with Gasteiger partial charge in [-0.2, -0.15) is 0 Å². The topological polar surface area (TPSA) is 91.9 Å². The number of nitrogens with one attached hydrogen (secondary N) is 3. The second-order valence-corrected chi connectivity index (χ2v) is 9.95. The van der Waals surface area contributed by atoms with Crippen molar-refractivity contribution in [3.63, 3.8) is 0 Å². The Morgan fingerprint density at radius 1 is 0.875 bits per heavy atom. The highest BCUT2D eigenvalue weighted by Crippen LogP contribution is 2.28. The highest BCUT2D eigenvalue weighted by atomic mass is 16.6. The van der Waals surface area contributed by atoms with Crippen molar-refractivity contribution in [1.29, 1.82) is 0 Å². The fourth-order valence-corrected chi connectivity index (χ4v) is 4.76. The van der Waals surface area contributed by atoms with Crippen LogP contribution in [0.15, 0.2) is 78.9 Å². The first-order valence-corrected chi connectivity index (χ1v) is 14.0. The minimum Gasteiger partial charge on any atom is -0.446 e. The lowest BCUT2D eigenvalue weighted by molar-refractivity contribution is 0.0593. The fraction of sp³-hybridized carbons (Fsp3) is 0.375. The van der Waals surface area contributed by atoms with Gasteiger partial charge in [0.15, 0.2) is 5.78 Å². The van der Waals surface area contributed by atoms with Crippen molar-refractivity contribution in [2.45, 2.75) is 25.5 Å². The number of hydrogen-bond donors (Lipinski definition) is 3. The van der Waals surface area contributed by atoms with E-state index in [0.29, 0.717) is 13.2 Å². The van der Waals surface area contributed by atoms with Crippen LogP contribution in [0.2, 0.25) is 0 Å². The number of anilines is 1. The smallest absolute Gasteiger partial charge is 0.411 e. The number of likely N-dealkylation sites (tertiary alicyclic amines) is 1. The largest absolute Gasteiger partial charge is 0.446 e. The SMILES string of the molecule is COCCNCc1ccc(C(=O)CNCCN2CCC(OC(=O)Nc3ccccc3-c3ccccc3)CC2)cc1. The Kier molecular flexibility index (Phi) is 11.7. The van der Waals surface area contributed by atoms with Crippen LogP contribution in [0, 0.1) is 0 Å². The van der Waals surface area contributed by atoms with E-state index in [2.05, 4.69) is 20.9 Å². The third-order valence-corrected chi connectivity index (χ3v) is 7.04. The van der Waals surface area contributed by atoms with Gasteiger partial charge in [-0.3, -0.25) is 10.1 Å². The van der Waals surface area contributed by atoms with Crippen LogP contribution in [-0.2, 0) is 16.0 Å². The molecule has 0 saturated carbocycles. The third-order valence-electron chi connectivity index (χ3n) is 7.04. The molecule has 8 nitrogen and oxygen atoms in total. The molecule has 1 aliphatic rings. The summed E-state index contributed by atoms with van der Waals surface area (Å²) >= 11 is 0. The quantitative estimate of drug-likeness (QED) is 0.202. The molecular formula is C32H40N4O4. The number of carbonyl (C=O) groups excluding carboxylic acids is 2. The Morgan fingerprint density at radius 2 is 1.60 bits per heavy atom. The zero-order valence-electron chi connectivity index (χ0n) is 23.2. The van der Waals surface area contributed by atoms with E-state index in [0.717, 1.165) is 80.1 Å². The van der Waals surface area contributed by atoms with E-state index >= 15 is 0 Å². The molecule has 1 amide bonds. The van der Waals surface area contributed by atoms with Crippen LogP contribution in [0.3, 0.4) is 0 Å². The minimum absolute atomic E-state index is 0.0888. The third kappa shape index (κ3) is 9.27. The number of methoxy groups -OCH3 is 1. The first kappa shape index (κ1) is 29.4. The van der Waals surface area contributed by atoms with Gasteiger partial charge in [-0.05, 0) is 30.0 Å². The molecule has 1 heterocycles. The maximum atomic E-state index is 12.6. The van der Waals surface area contributed by atoms with E-state index in [1.807, 2.05) is 78.9 Å². The van der Waals surface area contributed by atoms with E-state index in [1.54, 1.807) is 7.11 Å². The molecule has 1 fully saturated rings. The van der Waals surface area contributed by atoms with Gasteiger partial charge in [-0.1, -0.05) is 72.8 Å². The zero-order valence-corrected chi connectivity index (χ0v) is 23.2. The number of piperidine rings is 1. The van der Waals surface area contributed by atoms with Crippen LogP contribution in [-0.4, -0.2) is 75.9 Å². The highest BCUT2D eigenvalue weighted by molar-refractivity contribution is 5.97. The lowest BCUT2D eigenvalue weighted by atomic mass is 10.0. The summed E-state index contributed by atoms with van der Waals surface area (Å²) < 4.78 is 10.8. The first-order chi connectivity index (χ1) is 19.6. The van der Waals surface area contributed by atoms with Crippen molar-refractivity contribution in [3.05, 3.63) is 90.0 Å². The summed E-state index contributed by atoms with van der Waals surface area (Å²) in [6.45, 7) is 5.84. The lowest BCUT2D eigenvalue weighted by Crippen LogP contribution is -2.42. The van der Waals surface area contributed by atoms with E-state index in [4.69, 9.17) is 9.47 Å². The molecule has 1 aliphatic heterocycles. The van der Waals surface area contributed by atoms with Crippen LogP contribution < -0.4 is 16.0 Å². The van der Waals surface area contributed by atoms with Crippen LogP contribution in [0.4, 0.5) is 10.5 Å². The molecule has 8 heteroatoms. The van der Waals surface area contributed by atoms with Gasteiger partial charge in [0.05, 0.1) is 18.8 Å². The van der Waals surface area contributed by atoms with Crippen LogP contribution in [0.1, 0.15) is 28.8 Å². The van der Waals surface area contributed by atoms with E-state index in [-0.39, 0.29) is 11.9 Å². The van der Waals surface area contributed by atoms with Crippen molar-refractivity contribution >= 4 is 17.6 Å². The molecule has 0 aliphatic carbocycles. The van der Waals surface area contributed by atoms with Crippen molar-refractivity contribution in [2.75, 3.05) is 58.3 Å². The second-order valence-electron chi connectivity index (χ2n) is 9.95. The van der Waals surface area contributed by atoms with Gasteiger partial charge in [-0.25, -0.2) is 4.79 Å². The predicted molar refractivity (Wildman–Crippen MR) is 159 cm³/mol. The Labute approximate surface area is 237 Å². The standard InChI is InChI=1S/C32H40N4O4/c1-39-22-18-34-23-25-11-13-27(14-12-25)31(37)24-33-17-21-36-19-15-28(16-20-36)40-32(38)35-30-10-6-5-9-29(30)26-7-3-2-4-8-26/h2-14,28,33-34H,15-24H2,1H3,(H,35,38). The number of nitrogens with zero attached hydrogens (tertiary/aromatic N) is 1. The molecular weight excluding hydrogens is 504 g/mol. The van der Waals surface area contributed by atoms with Gasteiger partial charge >= 0.3 is 6.09 Å². The molecule has 0 unspecified atom stereocenters. The van der Waals surface area contributed by atoms with Gasteiger partial charge in [0, 0.05) is 57.5 Å². The van der Waals surface area contributed by atoms with E-state index in [9.17, 15) is 9.59 Å². The van der Waals surface area contributed by atoms with Gasteiger partial charge in [0.2, 0.25) is 0 Å². The summed E-state index contributed by atoms with van der Waals surface area (Å²) in [6.07, 6.45) is 1.06. The molecule has 3 aromatic carbocycles. The molecule has 0 aromatic heterocycles. The molecule has 40 heavy (non-hydrogen) atoms. The summed E-state index contributed by atoms with van der Waals surface area (Å²) in [4.78, 5) is 27.5. The van der Waals surface area contributed by atoms with Crippen LogP contribution >= 0.6 is 0 Å². The normalized spacial score (nSPS) is 14.1. The molecule has 3 aromatic rings. The molecule has 0 spiro atoms. The molecule has 1 saturated heterocycles. The van der Waals surface area contributed by atoms with E-state index in [1.165, 1.54) is 0 Å². The lowest BCUT2D eigenvalue weighted by Gasteiger charge is -2.31. The summed E-state index contributed by atoms with van der Waals surface area (Å²) in [7, 11) is 1.68. The maximum Gasteiger partial charge on any atom is 0.411 e. The maximum absolute atomic E-state index is 12.6. The molecule has 0 atom stereocenters. The number of para-hydroxylation sites is 1. The Morgan fingerprint density at radius 3 is 2.35 bits per heavy atom. The minimum atomic E-state index is -0.419. The number of Topliss-reactive ketones (excluding diaryl/α,β-unsaturated/α-hetero) is 1. The van der Waals surface area contributed by atoms with E-state index < -0.39 is 6.09 Å². The van der Waals surface area contributed by atoms with Gasteiger partial charge in [-0.15, -0.1) is 0 Å². The van der Waals surface area contributed by atoms with Gasteiger partial charge in [0.25, 0.3) is 0 Å². The Hall–Kier alpha value is -3.56. The van der Waals surface area contributed by atoms with Crippen LogP contribution in [0.5, 0.6) is 0 Å². The number of rotatable bonds is 14.